The molecule has 2 heteroatoms. The monoisotopic (exact) mass is 353 g/mol. The van der Waals surface area contributed by atoms with Gasteiger partial charge in [-0.15, -0.1) is 0 Å². The standard InChI is InChI=1S/C25H25N2/c1-24(2)20-15-9-8-14-19(20)23-26(18-12-6-5-7-13-18)21-16-10-11-17-22(21)27(23)25(24,3)4/h5-17H,1-4H3/q+1. The fourth-order valence-electron chi connectivity index (χ4n) is 4.65. The molecule has 0 saturated carbocycles. The Hall–Kier alpha value is -2.87. The molecule has 27 heavy (non-hydrogen) atoms. The topological polar surface area (TPSA) is 8.81 Å². The van der Waals surface area contributed by atoms with Gasteiger partial charge in [0.25, 0.3) is 5.82 Å². The predicted molar refractivity (Wildman–Crippen MR) is 111 cm³/mol. The van der Waals surface area contributed by atoms with Crippen LogP contribution >= 0.6 is 0 Å². The van der Waals surface area contributed by atoms with E-state index in [1.54, 1.807) is 0 Å². The first-order chi connectivity index (χ1) is 12.9. The molecule has 0 amide bonds. The third-order valence-electron chi connectivity index (χ3n) is 6.73. The summed E-state index contributed by atoms with van der Waals surface area (Å²) >= 11 is 0. The average Bonchev–Trinajstić information content (AvgIpc) is 3.03. The number of fused-ring (bicyclic) bond motifs is 5. The quantitative estimate of drug-likeness (QED) is 0.393. The third-order valence-corrected chi connectivity index (χ3v) is 6.73. The number of para-hydroxylation sites is 3. The lowest BCUT2D eigenvalue weighted by Crippen LogP contribution is -2.65. The molecule has 4 aromatic rings. The summed E-state index contributed by atoms with van der Waals surface area (Å²) in [5, 5.41) is 0. The van der Waals surface area contributed by atoms with Gasteiger partial charge in [-0.25, -0.2) is 4.57 Å². The molecule has 0 aliphatic carbocycles. The summed E-state index contributed by atoms with van der Waals surface area (Å²) in [6.07, 6.45) is 0. The van der Waals surface area contributed by atoms with Gasteiger partial charge in [0.1, 0.15) is 11.2 Å². The van der Waals surface area contributed by atoms with Crippen molar-refractivity contribution in [2.24, 2.45) is 0 Å². The molecular weight excluding hydrogens is 328 g/mol. The first-order valence-electron chi connectivity index (χ1n) is 9.66. The number of nitrogens with zero attached hydrogens (tertiary/aromatic N) is 2. The van der Waals surface area contributed by atoms with Crippen LogP contribution in [0.15, 0.2) is 78.9 Å². The van der Waals surface area contributed by atoms with Gasteiger partial charge in [-0.05, 0) is 49.7 Å². The maximum absolute atomic E-state index is 2.55. The number of benzene rings is 3. The van der Waals surface area contributed by atoms with Gasteiger partial charge in [-0.2, -0.15) is 4.57 Å². The van der Waals surface area contributed by atoms with Crippen molar-refractivity contribution < 1.29 is 4.57 Å². The Labute approximate surface area is 160 Å². The molecule has 0 bridgehead atoms. The van der Waals surface area contributed by atoms with Crippen LogP contribution in [-0.4, -0.2) is 4.57 Å². The van der Waals surface area contributed by atoms with Crippen molar-refractivity contribution in [1.29, 1.82) is 0 Å². The number of imidazole rings is 1. The second-order valence-electron chi connectivity index (χ2n) is 8.55. The van der Waals surface area contributed by atoms with Crippen LogP contribution in [0, 0.1) is 0 Å². The summed E-state index contributed by atoms with van der Waals surface area (Å²) in [7, 11) is 0. The Morgan fingerprint density at radius 3 is 2.11 bits per heavy atom. The number of hydrogen-bond donors (Lipinski definition) is 0. The summed E-state index contributed by atoms with van der Waals surface area (Å²) in [4.78, 5) is 0. The number of aromatic nitrogens is 2. The van der Waals surface area contributed by atoms with Crippen molar-refractivity contribution in [3.8, 4) is 17.1 Å². The van der Waals surface area contributed by atoms with Gasteiger partial charge in [0.15, 0.2) is 11.0 Å². The lowest BCUT2D eigenvalue weighted by molar-refractivity contribution is -0.737. The average molecular weight is 353 g/mol. The fourth-order valence-corrected chi connectivity index (χ4v) is 4.65. The molecule has 1 aromatic heterocycles. The SMILES string of the molecule is CC1(C)c2ccccc2-c2n(-c3ccccc3)c3ccccc3[n+]2C1(C)C. The van der Waals surface area contributed by atoms with E-state index in [9.17, 15) is 0 Å². The van der Waals surface area contributed by atoms with Crippen LogP contribution in [0.3, 0.4) is 0 Å². The Bertz CT molecular complexity index is 1160. The molecule has 0 atom stereocenters. The van der Waals surface area contributed by atoms with E-state index < -0.39 is 0 Å². The lowest BCUT2D eigenvalue weighted by Gasteiger charge is -2.44. The summed E-state index contributed by atoms with van der Waals surface area (Å²) in [6, 6.07) is 28.4. The molecule has 2 heterocycles. The maximum Gasteiger partial charge on any atom is 0.295 e. The second-order valence-corrected chi connectivity index (χ2v) is 8.55. The van der Waals surface area contributed by atoms with E-state index in [2.05, 4.69) is 116 Å². The maximum atomic E-state index is 2.55. The van der Waals surface area contributed by atoms with Gasteiger partial charge in [-0.3, -0.25) is 0 Å². The molecule has 0 unspecified atom stereocenters. The van der Waals surface area contributed by atoms with Crippen LogP contribution in [0.2, 0.25) is 0 Å². The zero-order valence-corrected chi connectivity index (χ0v) is 16.4. The van der Waals surface area contributed by atoms with Crippen LogP contribution in [-0.2, 0) is 11.0 Å². The van der Waals surface area contributed by atoms with Crippen molar-refractivity contribution in [3.63, 3.8) is 0 Å². The molecule has 134 valence electrons. The molecular formula is C25H25N2+. The first-order valence-corrected chi connectivity index (χ1v) is 9.66. The Kier molecular flexibility index (Phi) is 3.22. The summed E-state index contributed by atoms with van der Waals surface area (Å²) in [5.41, 5.74) is 6.40. The van der Waals surface area contributed by atoms with Crippen LogP contribution in [0.4, 0.5) is 0 Å². The van der Waals surface area contributed by atoms with Crippen LogP contribution in [0.1, 0.15) is 33.3 Å². The smallest absolute Gasteiger partial charge is 0.217 e. The molecule has 0 saturated heterocycles. The summed E-state index contributed by atoms with van der Waals surface area (Å²) in [5.74, 6) is 1.27. The molecule has 3 aromatic carbocycles. The molecule has 5 rings (SSSR count). The van der Waals surface area contributed by atoms with Gasteiger partial charge in [0.2, 0.25) is 0 Å². The summed E-state index contributed by atoms with van der Waals surface area (Å²) in [6.45, 7) is 9.48. The van der Waals surface area contributed by atoms with Crippen molar-refractivity contribution in [3.05, 3.63) is 84.4 Å². The highest BCUT2D eigenvalue weighted by Crippen LogP contribution is 2.47. The van der Waals surface area contributed by atoms with Crippen molar-refractivity contribution >= 4 is 11.0 Å². The zero-order valence-electron chi connectivity index (χ0n) is 16.4. The van der Waals surface area contributed by atoms with E-state index in [-0.39, 0.29) is 11.0 Å². The highest BCUT2D eigenvalue weighted by molar-refractivity contribution is 5.80. The molecule has 0 N–H and O–H groups in total. The highest BCUT2D eigenvalue weighted by atomic mass is 15.2. The van der Waals surface area contributed by atoms with E-state index >= 15 is 0 Å². The minimum absolute atomic E-state index is 0.00685. The second kappa shape index (κ2) is 5.32. The van der Waals surface area contributed by atoms with Crippen molar-refractivity contribution in [1.82, 2.24) is 4.57 Å². The molecule has 0 radical (unpaired) electrons. The molecule has 1 aliphatic heterocycles. The van der Waals surface area contributed by atoms with Gasteiger partial charge in [0, 0.05) is 5.41 Å². The van der Waals surface area contributed by atoms with E-state index in [1.165, 1.54) is 33.7 Å². The van der Waals surface area contributed by atoms with Crippen LogP contribution < -0.4 is 4.57 Å². The Morgan fingerprint density at radius 1 is 0.704 bits per heavy atom. The van der Waals surface area contributed by atoms with Crippen LogP contribution in [0.25, 0.3) is 28.1 Å². The third kappa shape index (κ3) is 1.98. The van der Waals surface area contributed by atoms with Gasteiger partial charge < -0.3 is 0 Å². The minimum atomic E-state index is -0.0731. The predicted octanol–water partition coefficient (Wildman–Crippen LogP) is 5.61. The van der Waals surface area contributed by atoms with Gasteiger partial charge in [-0.1, -0.05) is 62.4 Å². The fraction of sp³-hybridized carbons (Fsp3) is 0.240. The van der Waals surface area contributed by atoms with Gasteiger partial charge >= 0.3 is 0 Å². The first kappa shape index (κ1) is 16.3. The van der Waals surface area contributed by atoms with E-state index in [4.69, 9.17) is 0 Å². The highest BCUT2D eigenvalue weighted by Gasteiger charge is 2.53. The molecule has 1 aliphatic rings. The normalized spacial score (nSPS) is 16.7. The van der Waals surface area contributed by atoms with Crippen molar-refractivity contribution in [2.45, 2.75) is 38.6 Å². The lowest BCUT2D eigenvalue weighted by atomic mass is 9.66. The zero-order chi connectivity index (χ0) is 18.8. The van der Waals surface area contributed by atoms with E-state index in [1.807, 2.05) is 0 Å². The molecule has 0 spiro atoms. The minimum Gasteiger partial charge on any atom is -0.217 e. The molecule has 2 nitrogen and oxygen atoms in total. The largest absolute Gasteiger partial charge is 0.295 e. The van der Waals surface area contributed by atoms with E-state index in [0.717, 1.165) is 0 Å². The Balaban J connectivity index is 2.03. The van der Waals surface area contributed by atoms with Crippen LogP contribution in [0.5, 0.6) is 0 Å². The Morgan fingerprint density at radius 2 is 1.33 bits per heavy atom. The van der Waals surface area contributed by atoms with E-state index in [0.29, 0.717) is 0 Å². The number of hydrogen-bond acceptors (Lipinski definition) is 0. The molecule has 0 fully saturated rings. The number of rotatable bonds is 1. The van der Waals surface area contributed by atoms with Gasteiger partial charge in [0.05, 0.1) is 5.56 Å². The summed E-state index contributed by atoms with van der Waals surface area (Å²) < 4.78 is 4.98. The van der Waals surface area contributed by atoms with Crippen molar-refractivity contribution in [2.75, 3.05) is 0 Å².